The molecule has 182 valence electrons. The molecule has 1 saturated carbocycles. The second-order valence-corrected chi connectivity index (χ2v) is 9.44. The van der Waals surface area contributed by atoms with E-state index in [9.17, 15) is 9.59 Å². The van der Waals surface area contributed by atoms with Gasteiger partial charge in [0.25, 0.3) is 0 Å². The molecule has 1 aliphatic heterocycles. The summed E-state index contributed by atoms with van der Waals surface area (Å²) < 4.78 is 5.27. The molecule has 34 heavy (non-hydrogen) atoms. The zero-order chi connectivity index (χ0) is 23.9. The molecule has 0 bridgehead atoms. The van der Waals surface area contributed by atoms with Crippen LogP contribution in [0.25, 0.3) is 0 Å². The van der Waals surface area contributed by atoms with Crippen molar-refractivity contribution < 1.29 is 19.5 Å². The first-order valence-electron chi connectivity index (χ1n) is 12.3. The van der Waals surface area contributed by atoms with Crippen molar-refractivity contribution in [1.29, 1.82) is 0 Å². The highest BCUT2D eigenvalue weighted by Gasteiger charge is 2.31. The summed E-state index contributed by atoms with van der Waals surface area (Å²) in [6, 6.07) is 15.8. The molecule has 1 unspecified atom stereocenters. The Balaban J connectivity index is 1.41. The normalized spacial score (nSPS) is 22.6. The predicted octanol–water partition coefficient (Wildman–Crippen LogP) is 3.83. The number of ether oxygens (including phenoxy) is 1. The molecule has 3 atom stereocenters. The van der Waals surface area contributed by atoms with Crippen LogP contribution in [0.2, 0.25) is 0 Å². The third kappa shape index (κ3) is 5.77. The third-order valence-electron chi connectivity index (χ3n) is 7.26. The molecule has 1 aliphatic carbocycles. The van der Waals surface area contributed by atoms with Crippen molar-refractivity contribution in [3.8, 4) is 5.75 Å². The number of fused-ring (bicyclic) bond motifs is 1. The number of hydrogen-bond donors (Lipinski definition) is 3. The average Bonchev–Trinajstić information content (AvgIpc) is 3.01. The van der Waals surface area contributed by atoms with Gasteiger partial charge in [0.05, 0.1) is 19.7 Å². The molecule has 2 amide bonds. The molecule has 7 heteroatoms. The molecule has 2 aromatic carbocycles. The number of anilines is 1. The summed E-state index contributed by atoms with van der Waals surface area (Å²) in [6.07, 6.45) is 6.23. The van der Waals surface area contributed by atoms with E-state index >= 15 is 0 Å². The fourth-order valence-corrected chi connectivity index (χ4v) is 5.33. The van der Waals surface area contributed by atoms with Crippen molar-refractivity contribution in [2.24, 2.45) is 11.8 Å². The van der Waals surface area contributed by atoms with Gasteiger partial charge in [-0.15, -0.1) is 0 Å². The Labute approximate surface area is 201 Å². The van der Waals surface area contributed by atoms with Crippen LogP contribution in [0, 0.1) is 11.8 Å². The quantitative estimate of drug-likeness (QED) is 0.407. The van der Waals surface area contributed by atoms with Crippen LogP contribution in [0.5, 0.6) is 5.75 Å². The van der Waals surface area contributed by atoms with Crippen LogP contribution in [-0.4, -0.2) is 36.7 Å². The molecule has 0 radical (unpaired) electrons. The second-order valence-electron chi connectivity index (χ2n) is 9.44. The molecule has 2 aromatic rings. The van der Waals surface area contributed by atoms with Gasteiger partial charge in [-0.3, -0.25) is 14.8 Å². The van der Waals surface area contributed by atoms with E-state index in [0.717, 1.165) is 68.5 Å². The molecule has 2 aliphatic rings. The van der Waals surface area contributed by atoms with Crippen LogP contribution < -0.4 is 20.4 Å². The van der Waals surface area contributed by atoms with Gasteiger partial charge in [0.2, 0.25) is 11.8 Å². The number of benzene rings is 2. The maximum absolute atomic E-state index is 13.7. The molecule has 0 saturated heterocycles. The van der Waals surface area contributed by atoms with Crippen LogP contribution in [0.15, 0.2) is 48.5 Å². The smallest absolute Gasteiger partial charge is 0.246 e. The molecule has 1 fully saturated rings. The summed E-state index contributed by atoms with van der Waals surface area (Å²) in [5, 5.41) is 12.5. The van der Waals surface area contributed by atoms with Crippen LogP contribution >= 0.6 is 0 Å². The van der Waals surface area contributed by atoms with Gasteiger partial charge in [0, 0.05) is 11.6 Å². The summed E-state index contributed by atoms with van der Waals surface area (Å²) >= 11 is 0. The highest BCUT2D eigenvalue weighted by Crippen LogP contribution is 2.32. The van der Waals surface area contributed by atoms with E-state index < -0.39 is 0 Å². The molecule has 4 rings (SSSR count). The zero-order valence-electron chi connectivity index (χ0n) is 19.8. The van der Waals surface area contributed by atoms with E-state index in [1.165, 1.54) is 5.56 Å². The summed E-state index contributed by atoms with van der Waals surface area (Å²) in [4.78, 5) is 27.4. The lowest BCUT2D eigenvalue weighted by molar-refractivity contribution is -0.134. The first kappa shape index (κ1) is 24.2. The predicted molar refractivity (Wildman–Crippen MR) is 131 cm³/mol. The Morgan fingerprint density at radius 1 is 1.12 bits per heavy atom. The van der Waals surface area contributed by atoms with Crippen molar-refractivity contribution in [2.45, 2.75) is 57.5 Å². The first-order chi connectivity index (χ1) is 16.6. The topological polar surface area (TPSA) is 90.9 Å². The van der Waals surface area contributed by atoms with Crippen molar-refractivity contribution in [2.75, 3.05) is 18.6 Å². The maximum Gasteiger partial charge on any atom is 0.246 e. The summed E-state index contributed by atoms with van der Waals surface area (Å²) in [5.41, 5.74) is 5.04. The van der Waals surface area contributed by atoms with Gasteiger partial charge in [-0.2, -0.15) is 0 Å². The molecule has 0 spiro atoms. The van der Waals surface area contributed by atoms with E-state index in [-0.39, 0.29) is 23.8 Å². The van der Waals surface area contributed by atoms with Gasteiger partial charge >= 0.3 is 0 Å². The summed E-state index contributed by atoms with van der Waals surface area (Å²) in [7, 11) is 1.65. The number of carbonyl (C=O) groups is 2. The SMILES string of the molecule is COc1ccc(CN2C(=O)C(NCC[C@H]3CCC[C@H](C(=O)NO)C3)CCc3ccccc32)cc1. The Hall–Kier alpha value is -2.90. The zero-order valence-corrected chi connectivity index (χ0v) is 19.8. The van der Waals surface area contributed by atoms with E-state index in [4.69, 9.17) is 9.94 Å². The standard InChI is InChI=1S/C27H35N3O4/c1-34-23-12-9-20(10-13-23)18-30-25-8-3-2-6-21(25)11-14-24(27(30)32)28-16-15-19-5-4-7-22(17-19)26(31)29-33/h2-3,6,8-10,12-13,19,22,24,28,33H,4-5,7,11,14-18H2,1H3,(H,29,31)/t19-,22+,24?/m1/s1. The molecule has 3 N–H and O–H groups in total. The first-order valence-corrected chi connectivity index (χ1v) is 12.3. The molecular formula is C27H35N3O4. The largest absolute Gasteiger partial charge is 0.497 e. The van der Waals surface area contributed by atoms with Crippen molar-refractivity contribution in [1.82, 2.24) is 10.8 Å². The van der Waals surface area contributed by atoms with Crippen molar-refractivity contribution >= 4 is 17.5 Å². The van der Waals surface area contributed by atoms with E-state index in [0.29, 0.717) is 12.5 Å². The number of amides is 2. The van der Waals surface area contributed by atoms with Crippen LogP contribution in [0.1, 0.15) is 49.7 Å². The lowest BCUT2D eigenvalue weighted by atomic mass is 9.79. The van der Waals surface area contributed by atoms with Crippen molar-refractivity contribution in [3.05, 3.63) is 59.7 Å². The van der Waals surface area contributed by atoms with E-state index in [1.807, 2.05) is 47.4 Å². The lowest BCUT2D eigenvalue weighted by Gasteiger charge is -2.29. The molecule has 7 nitrogen and oxygen atoms in total. The highest BCUT2D eigenvalue weighted by molar-refractivity contribution is 5.98. The van der Waals surface area contributed by atoms with E-state index in [2.05, 4.69) is 11.4 Å². The van der Waals surface area contributed by atoms with E-state index in [1.54, 1.807) is 12.6 Å². The number of aryl methyl sites for hydroxylation is 1. The summed E-state index contributed by atoms with van der Waals surface area (Å²) in [5.74, 6) is 0.938. The molecule has 0 aromatic heterocycles. The number of rotatable bonds is 8. The fourth-order valence-electron chi connectivity index (χ4n) is 5.33. The van der Waals surface area contributed by atoms with Gasteiger partial charge in [-0.1, -0.05) is 43.2 Å². The second kappa shape index (κ2) is 11.5. The van der Waals surface area contributed by atoms with Gasteiger partial charge in [0.1, 0.15) is 5.75 Å². The van der Waals surface area contributed by atoms with Crippen molar-refractivity contribution in [3.63, 3.8) is 0 Å². The average molecular weight is 466 g/mol. The molecule has 1 heterocycles. The Morgan fingerprint density at radius 3 is 2.68 bits per heavy atom. The van der Waals surface area contributed by atoms with Gasteiger partial charge in [0.15, 0.2) is 0 Å². The Bertz CT molecular complexity index is 978. The number of carbonyl (C=O) groups excluding carboxylic acids is 2. The minimum atomic E-state index is -0.274. The fraction of sp³-hybridized carbons (Fsp3) is 0.481. The van der Waals surface area contributed by atoms with Crippen LogP contribution in [-0.2, 0) is 22.6 Å². The summed E-state index contributed by atoms with van der Waals surface area (Å²) in [6.45, 7) is 1.25. The number of para-hydroxylation sites is 1. The Kier molecular flexibility index (Phi) is 8.19. The number of hydroxylamine groups is 1. The van der Waals surface area contributed by atoms with Crippen LogP contribution in [0.3, 0.4) is 0 Å². The number of hydrogen-bond acceptors (Lipinski definition) is 5. The maximum atomic E-state index is 13.7. The number of methoxy groups -OCH3 is 1. The minimum absolute atomic E-state index is 0.0990. The third-order valence-corrected chi connectivity index (χ3v) is 7.26. The van der Waals surface area contributed by atoms with Gasteiger partial charge in [-0.25, -0.2) is 5.48 Å². The van der Waals surface area contributed by atoms with Gasteiger partial charge in [-0.05, 0) is 73.9 Å². The Morgan fingerprint density at radius 2 is 1.91 bits per heavy atom. The highest BCUT2D eigenvalue weighted by atomic mass is 16.5. The minimum Gasteiger partial charge on any atom is -0.497 e. The number of nitrogens with zero attached hydrogens (tertiary/aromatic N) is 1. The van der Waals surface area contributed by atoms with Gasteiger partial charge < -0.3 is 15.0 Å². The number of nitrogens with one attached hydrogen (secondary N) is 2. The molecular weight excluding hydrogens is 430 g/mol. The lowest BCUT2D eigenvalue weighted by Crippen LogP contribution is -2.46. The monoisotopic (exact) mass is 465 g/mol. The van der Waals surface area contributed by atoms with Crippen LogP contribution in [0.4, 0.5) is 5.69 Å².